The number of rotatable bonds is 5. The van der Waals surface area contributed by atoms with Gasteiger partial charge in [-0.3, -0.25) is 9.59 Å². The van der Waals surface area contributed by atoms with E-state index in [4.69, 9.17) is 4.42 Å². The quantitative estimate of drug-likeness (QED) is 0.700. The van der Waals surface area contributed by atoms with E-state index < -0.39 is 5.82 Å². The Morgan fingerprint density at radius 2 is 1.92 bits per heavy atom. The van der Waals surface area contributed by atoms with E-state index in [0.717, 1.165) is 0 Å². The zero-order chi connectivity index (χ0) is 18.7. The molecule has 0 aliphatic heterocycles. The fraction of sp³-hybridized carbons (Fsp3) is 0.150. The highest BCUT2D eigenvalue weighted by Crippen LogP contribution is 2.24. The van der Waals surface area contributed by atoms with Crippen molar-refractivity contribution >= 4 is 17.4 Å². The van der Waals surface area contributed by atoms with Crippen LogP contribution < -0.4 is 5.32 Å². The number of amides is 1. The number of nitrogens with one attached hydrogen (secondary N) is 1. The molecule has 0 saturated carbocycles. The first-order valence-electron chi connectivity index (χ1n) is 8.06. The van der Waals surface area contributed by atoms with Gasteiger partial charge in [0, 0.05) is 11.3 Å². The lowest BCUT2D eigenvalue weighted by atomic mass is 10.1. The first kappa shape index (κ1) is 17.5. The van der Waals surface area contributed by atoms with Crippen LogP contribution in [-0.4, -0.2) is 16.7 Å². The molecule has 6 heteroatoms. The van der Waals surface area contributed by atoms with Crippen molar-refractivity contribution in [2.75, 3.05) is 5.32 Å². The first-order valence-corrected chi connectivity index (χ1v) is 8.06. The zero-order valence-corrected chi connectivity index (χ0v) is 14.4. The maximum atomic E-state index is 13.9. The smallest absolute Gasteiger partial charge is 0.230 e. The van der Waals surface area contributed by atoms with Crippen molar-refractivity contribution in [3.63, 3.8) is 0 Å². The Balaban J connectivity index is 1.75. The predicted molar refractivity (Wildman–Crippen MR) is 95.4 cm³/mol. The van der Waals surface area contributed by atoms with Gasteiger partial charge in [0.25, 0.3) is 0 Å². The molecular weight excluding hydrogens is 335 g/mol. The molecule has 0 atom stereocenters. The van der Waals surface area contributed by atoms with Crippen LogP contribution in [0.1, 0.15) is 28.7 Å². The third kappa shape index (κ3) is 3.85. The molecule has 0 spiro atoms. The lowest BCUT2D eigenvalue weighted by Crippen LogP contribution is -2.15. The summed E-state index contributed by atoms with van der Waals surface area (Å²) in [5.74, 6) is -0.228. The first-order chi connectivity index (χ1) is 12.4. The molecule has 0 fully saturated rings. The topological polar surface area (TPSA) is 72.2 Å². The number of hydrogen-bond acceptors (Lipinski definition) is 4. The van der Waals surface area contributed by atoms with Gasteiger partial charge in [0.15, 0.2) is 5.78 Å². The molecule has 0 aliphatic rings. The maximum absolute atomic E-state index is 13.9. The fourth-order valence-electron chi connectivity index (χ4n) is 2.52. The largest absolute Gasteiger partial charge is 0.441 e. The van der Waals surface area contributed by atoms with Crippen molar-refractivity contribution in [2.24, 2.45) is 0 Å². The van der Waals surface area contributed by atoms with E-state index >= 15 is 0 Å². The molecule has 132 valence electrons. The molecule has 0 aliphatic carbocycles. The number of carbonyl (C=O) groups excluding carboxylic acids is 2. The normalized spacial score (nSPS) is 10.6. The van der Waals surface area contributed by atoms with E-state index in [1.807, 2.05) is 0 Å². The molecule has 1 amide bonds. The molecule has 26 heavy (non-hydrogen) atoms. The second-order valence-corrected chi connectivity index (χ2v) is 5.86. The van der Waals surface area contributed by atoms with E-state index in [2.05, 4.69) is 10.3 Å². The predicted octanol–water partition coefficient (Wildman–Crippen LogP) is 4.17. The molecule has 3 aromatic rings. The van der Waals surface area contributed by atoms with Gasteiger partial charge in [0.2, 0.25) is 11.8 Å². The summed E-state index contributed by atoms with van der Waals surface area (Å²) in [6.07, 6.45) is -0.0198. The Hall–Kier alpha value is -3.28. The minimum atomic E-state index is -0.439. The minimum absolute atomic E-state index is 0.0198. The number of nitrogens with zero attached hydrogens (tertiary/aromatic N) is 1. The number of benzene rings is 2. The number of aryl methyl sites for hydroxylation is 1. The summed E-state index contributed by atoms with van der Waals surface area (Å²) in [5.41, 5.74) is 1.72. The van der Waals surface area contributed by atoms with Gasteiger partial charge in [-0.2, -0.15) is 0 Å². The average molecular weight is 352 g/mol. The molecule has 1 aromatic heterocycles. The van der Waals surface area contributed by atoms with Crippen LogP contribution in [0, 0.1) is 12.7 Å². The highest BCUT2D eigenvalue weighted by Gasteiger charge is 2.17. The number of hydrogen-bond donors (Lipinski definition) is 1. The van der Waals surface area contributed by atoms with E-state index in [-0.39, 0.29) is 29.6 Å². The standard InChI is InChI=1S/C20H17FN2O3/c1-12(24)14-6-5-7-15(10-14)22-19(25)11-18-13(2)26-20(23-18)16-8-3-4-9-17(16)21/h3-10H,11H2,1-2H3,(H,22,25). The summed E-state index contributed by atoms with van der Waals surface area (Å²) in [5, 5.41) is 2.73. The fourth-order valence-corrected chi connectivity index (χ4v) is 2.52. The number of ketones is 1. The van der Waals surface area contributed by atoms with Gasteiger partial charge >= 0.3 is 0 Å². The van der Waals surface area contributed by atoms with Crippen molar-refractivity contribution in [3.05, 3.63) is 71.4 Å². The van der Waals surface area contributed by atoms with E-state index in [9.17, 15) is 14.0 Å². The van der Waals surface area contributed by atoms with E-state index in [0.29, 0.717) is 22.7 Å². The second kappa shape index (κ2) is 7.31. The zero-order valence-electron chi connectivity index (χ0n) is 14.4. The summed E-state index contributed by atoms with van der Waals surface area (Å²) in [6.45, 7) is 3.14. The van der Waals surface area contributed by atoms with Crippen molar-refractivity contribution in [1.82, 2.24) is 4.98 Å². The molecule has 1 N–H and O–H groups in total. The molecule has 0 saturated heterocycles. The van der Waals surface area contributed by atoms with Crippen LogP contribution in [0.3, 0.4) is 0 Å². The third-order valence-corrected chi connectivity index (χ3v) is 3.88. The minimum Gasteiger partial charge on any atom is -0.441 e. The van der Waals surface area contributed by atoms with Crippen LogP contribution in [0.15, 0.2) is 52.9 Å². The van der Waals surface area contributed by atoms with Crippen molar-refractivity contribution in [2.45, 2.75) is 20.3 Å². The van der Waals surface area contributed by atoms with Crippen molar-refractivity contribution < 1.29 is 18.4 Å². The summed E-state index contributed by atoms with van der Waals surface area (Å²) < 4.78 is 19.4. The maximum Gasteiger partial charge on any atom is 0.230 e. The van der Waals surface area contributed by atoms with Crippen LogP contribution in [0.25, 0.3) is 11.5 Å². The average Bonchev–Trinajstić information content (AvgIpc) is 2.95. The Morgan fingerprint density at radius 3 is 2.65 bits per heavy atom. The van der Waals surface area contributed by atoms with Crippen molar-refractivity contribution in [1.29, 1.82) is 0 Å². The van der Waals surface area contributed by atoms with E-state index in [1.54, 1.807) is 49.4 Å². The number of aromatic nitrogens is 1. The van der Waals surface area contributed by atoms with Crippen molar-refractivity contribution in [3.8, 4) is 11.5 Å². The van der Waals surface area contributed by atoms with E-state index in [1.165, 1.54) is 13.0 Å². The number of anilines is 1. The lowest BCUT2D eigenvalue weighted by Gasteiger charge is -2.05. The molecule has 1 heterocycles. The Bertz CT molecular complexity index is 979. The molecule has 2 aromatic carbocycles. The van der Waals surface area contributed by atoms with Gasteiger partial charge < -0.3 is 9.73 Å². The summed E-state index contributed by atoms with van der Waals surface area (Å²) in [6, 6.07) is 12.8. The SMILES string of the molecule is CC(=O)c1cccc(NC(=O)Cc2nc(-c3ccccc3F)oc2C)c1. The summed E-state index contributed by atoms with van der Waals surface area (Å²) in [7, 11) is 0. The third-order valence-electron chi connectivity index (χ3n) is 3.88. The highest BCUT2D eigenvalue weighted by molar-refractivity contribution is 5.97. The molecule has 0 unspecified atom stereocenters. The Morgan fingerprint density at radius 1 is 1.15 bits per heavy atom. The number of Topliss-reactive ketones (excluding diaryl/α,β-unsaturated/α-hetero) is 1. The van der Waals surface area contributed by atoms with Gasteiger partial charge in [-0.25, -0.2) is 9.37 Å². The molecule has 5 nitrogen and oxygen atoms in total. The van der Waals surface area contributed by atoms with Gasteiger partial charge in [-0.15, -0.1) is 0 Å². The number of oxazole rings is 1. The van der Waals surface area contributed by atoms with Gasteiger partial charge in [-0.1, -0.05) is 24.3 Å². The van der Waals surface area contributed by atoms with Crippen LogP contribution in [0.4, 0.5) is 10.1 Å². The van der Waals surface area contributed by atoms with Crippen LogP contribution in [-0.2, 0) is 11.2 Å². The molecule has 3 rings (SSSR count). The van der Waals surface area contributed by atoms with Gasteiger partial charge in [-0.05, 0) is 38.1 Å². The Labute approximate surface area is 149 Å². The summed E-state index contributed by atoms with van der Waals surface area (Å²) in [4.78, 5) is 27.9. The van der Waals surface area contributed by atoms with Crippen LogP contribution in [0.2, 0.25) is 0 Å². The number of carbonyl (C=O) groups is 2. The van der Waals surface area contributed by atoms with Gasteiger partial charge in [0.1, 0.15) is 11.6 Å². The van der Waals surface area contributed by atoms with Gasteiger partial charge in [0.05, 0.1) is 17.7 Å². The number of halogens is 1. The summed E-state index contributed by atoms with van der Waals surface area (Å²) >= 11 is 0. The molecular formula is C20H17FN2O3. The molecule has 0 radical (unpaired) electrons. The monoisotopic (exact) mass is 352 g/mol. The Kier molecular flexibility index (Phi) is 4.93. The second-order valence-electron chi connectivity index (χ2n) is 5.86. The van der Waals surface area contributed by atoms with Crippen LogP contribution >= 0.6 is 0 Å². The lowest BCUT2D eigenvalue weighted by molar-refractivity contribution is -0.115. The van der Waals surface area contributed by atoms with Crippen LogP contribution in [0.5, 0.6) is 0 Å². The highest BCUT2D eigenvalue weighted by atomic mass is 19.1. The molecule has 0 bridgehead atoms.